The van der Waals surface area contributed by atoms with Crippen LogP contribution in [-0.2, 0) is 11.2 Å². The van der Waals surface area contributed by atoms with Crippen molar-refractivity contribution in [3.63, 3.8) is 0 Å². The number of amides is 1. The number of carboxylic acid groups (broad SMARTS) is 1. The molecule has 1 aromatic carbocycles. The van der Waals surface area contributed by atoms with Gasteiger partial charge in [0.15, 0.2) is 0 Å². The van der Waals surface area contributed by atoms with Crippen LogP contribution in [0.2, 0.25) is 0 Å². The van der Waals surface area contributed by atoms with Gasteiger partial charge in [-0.1, -0.05) is 18.2 Å². The lowest BCUT2D eigenvalue weighted by Crippen LogP contribution is -2.45. The van der Waals surface area contributed by atoms with E-state index in [9.17, 15) is 9.59 Å². The van der Waals surface area contributed by atoms with Crippen molar-refractivity contribution < 1.29 is 14.7 Å². The van der Waals surface area contributed by atoms with E-state index in [-0.39, 0.29) is 11.4 Å². The van der Waals surface area contributed by atoms with Gasteiger partial charge in [-0.05, 0) is 45.9 Å². The molecule has 21 heavy (non-hydrogen) atoms. The molecule has 0 aliphatic carbocycles. The molecule has 0 saturated carbocycles. The first-order chi connectivity index (χ1) is 9.69. The van der Waals surface area contributed by atoms with Crippen molar-refractivity contribution >= 4 is 11.9 Å². The minimum atomic E-state index is -0.918. The number of rotatable bonds is 6. The highest BCUT2D eigenvalue weighted by Gasteiger charge is 2.15. The van der Waals surface area contributed by atoms with Crippen LogP contribution in [0.3, 0.4) is 0 Å². The summed E-state index contributed by atoms with van der Waals surface area (Å²) >= 11 is 0. The first-order valence-electron chi connectivity index (χ1n) is 7.00. The Balaban J connectivity index is 2.52. The van der Waals surface area contributed by atoms with Gasteiger partial charge < -0.3 is 10.4 Å². The SMILES string of the molecule is CN(CCc1ccccc1C(=O)O)CC(=O)NC(C)(C)C. The number of carboxylic acids is 1. The molecule has 0 bridgehead atoms. The smallest absolute Gasteiger partial charge is 0.335 e. The second-order valence-electron chi connectivity index (χ2n) is 6.25. The van der Waals surface area contributed by atoms with E-state index in [1.165, 1.54) is 0 Å². The average Bonchev–Trinajstić information content (AvgIpc) is 2.34. The van der Waals surface area contributed by atoms with E-state index in [1.807, 2.05) is 44.9 Å². The molecule has 2 N–H and O–H groups in total. The van der Waals surface area contributed by atoms with Crippen LogP contribution >= 0.6 is 0 Å². The largest absolute Gasteiger partial charge is 0.478 e. The molecule has 0 aliphatic rings. The van der Waals surface area contributed by atoms with E-state index >= 15 is 0 Å². The Morgan fingerprint density at radius 3 is 2.43 bits per heavy atom. The summed E-state index contributed by atoms with van der Waals surface area (Å²) in [7, 11) is 1.85. The van der Waals surface area contributed by atoms with Gasteiger partial charge in [0.25, 0.3) is 0 Å². The Morgan fingerprint density at radius 2 is 1.86 bits per heavy atom. The minimum absolute atomic E-state index is 0.0310. The number of aromatic carboxylic acids is 1. The van der Waals surface area contributed by atoms with Gasteiger partial charge in [0.2, 0.25) is 5.91 Å². The fraction of sp³-hybridized carbons (Fsp3) is 0.500. The monoisotopic (exact) mass is 292 g/mol. The van der Waals surface area contributed by atoms with Gasteiger partial charge in [0, 0.05) is 12.1 Å². The zero-order valence-electron chi connectivity index (χ0n) is 13.1. The Kier molecular flexibility index (Phi) is 5.90. The first kappa shape index (κ1) is 17.2. The van der Waals surface area contributed by atoms with Crippen LogP contribution in [0.4, 0.5) is 0 Å². The molecule has 0 aliphatic heterocycles. The second-order valence-corrected chi connectivity index (χ2v) is 6.25. The van der Waals surface area contributed by atoms with Crippen molar-refractivity contribution in [1.29, 1.82) is 0 Å². The molecule has 5 heteroatoms. The lowest BCUT2D eigenvalue weighted by molar-refractivity contribution is -0.123. The number of carbonyl (C=O) groups excluding carboxylic acids is 1. The second kappa shape index (κ2) is 7.22. The van der Waals surface area contributed by atoms with E-state index in [4.69, 9.17) is 5.11 Å². The van der Waals surface area contributed by atoms with E-state index in [2.05, 4.69) is 5.32 Å². The molecule has 1 aromatic rings. The highest BCUT2D eigenvalue weighted by atomic mass is 16.4. The van der Waals surface area contributed by atoms with Gasteiger partial charge in [-0.15, -0.1) is 0 Å². The summed E-state index contributed by atoms with van der Waals surface area (Å²) < 4.78 is 0. The molecule has 1 amide bonds. The normalized spacial score (nSPS) is 11.5. The molecule has 0 radical (unpaired) electrons. The lowest BCUT2D eigenvalue weighted by Gasteiger charge is -2.23. The Morgan fingerprint density at radius 1 is 1.24 bits per heavy atom. The summed E-state index contributed by atoms with van der Waals surface area (Å²) in [5, 5.41) is 12.0. The molecule has 0 atom stereocenters. The Hall–Kier alpha value is -1.88. The van der Waals surface area contributed by atoms with Crippen LogP contribution < -0.4 is 5.32 Å². The topological polar surface area (TPSA) is 69.6 Å². The zero-order valence-corrected chi connectivity index (χ0v) is 13.1. The summed E-state index contributed by atoms with van der Waals surface area (Å²) in [5.41, 5.74) is 0.867. The van der Waals surface area contributed by atoms with Crippen LogP contribution in [0.5, 0.6) is 0 Å². The highest BCUT2D eigenvalue weighted by molar-refractivity contribution is 5.89. The molecule has 0 heterocycles. The molecule has 0 saturated heterocycles. The van der Waals surface area contributed by atoms with Gasteiger partial charge in [0.1, 0.15) is 0 Å². The fourth-order valence-corrected chi connectivity index (χ4v) is 2.04. The molecular formula is C16H24N2O3. The molecule has 0 aromatic heterocycles. The third-order valence-corrected chi connectivity index (χ3v) is 2.94. The van der Waals surface area contributed by atoms with Crippen molar-refractivity contribution in [2.24, 2.45) is 0 Å². The Labute approximate surface area is 126 Å². The number of hydrogen-bond acceptors (Lipinski definition) is 3. The van der Waals surface area contributed by atoms with Gasteiger partial charge >= 0.3 is 5.97 Å². The molecule has 0 fully saturated rings. The number of benzene rings is 1. The van der Waals surface area contributed by atoms with Gasteiger partial charge in [-0.3, -0.25) is 9.69 Å². The molecule has 1 rings (SSSR count). The van der Waals surface area contributed by atoms with Crippen LogP contribution in [0.25, 0.3) is 0 Å². The highest BCUT2D eigenvalue weighted by Crippen LogP contribution is 2.10. The number of likely N-dealkylation sites (N-methyl/N-ethyl adjacent to an activating group) is 1. The van der Waals surface area contributed by atoms with Crippen molar-refractivity contribution in [3.05, 3.63) is 35.4 Å². The van der Waals surface area contributed by atoms with Gasteiger partial charge in [-0.2, -0.15) is 0 Å². The summed E-state index contributed by atoms with van der Waals surface area (Å²) in [6.45, 7) is 6.74. The average molecular weight is 292 g/mol. The van der Waals surface area contributed by atoms with Crippen LogP contribution in [0.15, 0.2) is 24.3 Å². The molecular weight excluding hydrogens is 268 g/mol. The number of hydrogen-bond donors (Lipinski definition) is 2. The van der Waals surface area contributed by atoms with Crippen LogP contribution in [-0.4, -0.2) is 47.6 Å². The standard InChI is InChI=1S/C16H24N2O3/c1-16(2,3)17-14(19)11-18(4)10-9-12-7-5-6-8-13(12)15(20)21/h5-8H,9-11H2,1-4H3,(H,17,19)(H,20,21). The quantitative estimate of drug-likeness (QED) is 0.838. The maximum atomic E-state index is 11.8. The summed E-state index contributed by atoms with van der Waals surface area (Å²) in [5.74, 6) is -0.949. The minimum Gasteiger partial charge on any atom is -0.478 e. The zero-order chi connectivity index (χ0) is 16.0. The van der Waals surface area contributed by atoms with Crippen LogP contribution in [0, 0.1) is 0 Å². The third kappa shape index (κ3) is 6.40. The van der Waals surface area contributed by atoms with Gasteiger partial charge in [-0.25, -0.2) is 4.79 Å². The maximum Gasteiger partial charge on any atom is 0.335 e. The van der Waals surface area contributed by atoms with Crippen LogP contribution in [0.1, 0.15) is 36.7 Å². The third-order valence-electron chi connectivity index (χ3n) is 2.94. The first-order valence-corrected chi connectivity index (χ1v) is 7.00. The Bertz CT molecular complexity index is 506. The van der Waals surface area contributed by atoms with E-state index in [0.29, 0.717) is 25.1 Å². The summed E-state index contributed by atoms with van der Waals surface area (Å²) in [6.07, 6.45) is 0.599. The molecule has 0 spiro atoms. The number of nitrogens with one attached hydrogen (secondary N) is 1. The van der Waals surface area contributed by atoms with Crippen molar-refractivity contribution in [3.8, 4) is 0 Å². The van der Waals surface area contributed by atoms with E-state index in [0.717, 1.165) is 5.56 Å². The van der Waals surface area contributed by atoms with Gasteiger partial charge in [0.05, 0.1) is 12.1 Å². The van der Waals surface area contributed by atoms with E-state index < -0.39 is 5.97 Å². The lowest BCUT2D eigenvalue weighted by atomic mass is 10.0. The summed E-state index contributed by atoms with van der Waals surface area (Å²) in [4.78, 5) is 24.8. The fourth-order valence-electron chi connectivity index (χ4n) is 2.04. The predicted molar refractivity (Wildman–Crippen MR) is 82.5 cm³/mol. The van der Waals surface area contributed by atoms with Crippen molar-refractivity contribution in [1.82, 2.24) is 10.2 Å². The number of carbonyl (C=O) groups is 2. The molecule has 0 unspecified atom stereocenters. The predicted octanol–water partition coefficient (Wildman–Crippen LogP) is 1.77. The molecule has 5 nitrogen and oxygen atoms in total. The summed E-state index contributed by atoms with van der Waals surface area (Å²) in [6, 6.07) is 6.96. The molecule has 116 valence electrons. The number of nitrogens with zero attached hydrogens (tertiary/aromatic N) is 1. The van der Waals surface area contributed by atoms with Crippen molar-refractivity contribution in [2.75, 3.05) is 20.1 Å². The maximum absolute atomic E-state index is 11.8. The van der Waals surface area contributed by atoms with E-state index in [1.54, 1.807) is 12.1 Å². The van der Waals surface area contributed by atoms with Crippen molar-refractivity contribution in [2.45, 2.75) is 32.7 Å².